The van der Waals surface area contributed by atoms with Gasteiger partial charge in [-0.25, -0.2) is 0 Å². The zero-order chi connectivity index (χ0) is 14.3. The van der Waals surface area contributed by atoms with E-state index in [1.54, 1.807) is 18.2 Å². The molecule has 19 heavy (non-hydrogen) atoms. The summed E-state index contributed by atoms with van der Waals surface area (Å²) >= 11 is -0.0570. The number of hydrogen-bond donors (Lipinski definition) is 1. The number of nitrogens with one attached hydrogen (secondary N) is 1. The Bertz CT molecular complexity index is 373. The first-order valence-corrected chi connectivity index (χ1v) is 7.39. The molecule has 0 amide bonds. The lowest BCUT2D eigenvalue weighted by molar-refractivity contribution is -0.0327. The molecule has 0 spiro atoms. The topological polar surface area (TPSA) is 12.0 Å². The highest BCUT2D eigenvalue weighted by molar-refractivity contribution is 8.00. The summed E-state index contributed by atoms with van der Waals surface area (Å²) < 4.78 is 37.5. The molecule has 1 aromatic carbocycles. The van der Waals surface area contributed by atoms with E-state index in [4.69, 9.17) is 0 Å². The summed E-state index contributed by atoms with van der Waals surface area (Å²) in [7, 11) is 0. The fraction of sp³-hybridized carbons (Fsp3) is 0.571. The molecule has 1 nitrogen and oxygen atoms in total. The van der Waals surface area contributed by atoms with Crippen LogP contribution in [-0.4, -0.2) is 11.6 Å². The lowest BCUT2D eigenvalue weighted by Crippen LogP contribution is -2.19. The van der Waals surface area contributed by atoms with Crippen LogP contribution in [0.5, 0.6) is 0 Å². The van der Waals surface area contributed by atoms with Crippen LogP contribution < -0.4 is 5.32 Å². The van der Waals surface area contributed by atoms with E-state index in [9.17, 15) is 13.2 Å². The highest BCUT2D eigenvalue weighted by Crippen LogP contribution is 2.40. The van der Waals surface area contributed by atoms with E-state index in [1.807, 2.05) is 0 Å². The van der Waals surface area contributed by atoms with Gasteiger partial charge in [-0.05, 0) is 36.7 Å². The van der Waals surface area contributed by atoms with Crippen LogP contribution in [0.2, 0.25) is 0 Å². The van der Waals surface area contributed by atoms with Crippen molar-refractivity contribution in [2.45, 2.75) is 56.0 Å². The first kappa shape index (κ1) is 16.2. The van der Waals surface area contributed by atoms with Crippen LogP contribution in [0.4, 0.5) is 18.9 Å². The Balaban J connectivity index is 2.81. The number of rotatable bonds is 7. The number of thioether (sulfide) groups is 1. The van der Waals surface area contributed by atoms with Crippen LogP contribution in [0, 0.1) is 0 Å². The maximum atomic E-state index is 12.5. The van der Waals surface area contributed by atoms with Gasteiger partial charge in [0.1, 0.15) is 0 Å². The van der Waals surface area contributed by atoms with Gasteiger partial charge < -0.3 is 5.32 Å². The van der Waals surface area contributed by atoms with Crippen molar-refractivity contribution in [1.29, 1.82) is 0 Å². The Kier molecular flexibility index (Phi) is 6.55. The summed E-state index contributed by atoms with van der Waals surface area (Å²) in [6, 6.07) is 6.86. The Morgan fingerprint density at radius 2 is 1.68 bits per heavy atom. The van der Waals surface area contributed by atoms with Crippen molar-refractivity contribution < 1.29 is 13.2 Å². The molecule has 0 atom stereocenters. The molecule has 0 aliphatic heterocycles. The number of benzene rings is 1. The van der Waals surface area contributed by atoms with Gasteiger partial charge in [0.2, 0.25) is 0 Å². The molecule has 0 fully saturated rings. The highest BCUT2D eigenvalue weighted by atomic mass is 32.2. The molecule has 1 aromatic rings. The molecule has 1 rings (SSSR count). The summed E-state index contributed by atoms with van der Waals surface area (Å²) in [4.78, 5) is 0.243. The van der Waals surface area contributed by atoms with Crippen molar-refractivity contribution in [3.05, 3.63) is 24.3 Å². The van der Waals surface area contributed by atoms with E-state index < -0.39 is 5.51 Å². The highest BCUT2D eigenvalue weighted by Gasteiger charge is 2.30. The van der Waals surface area contributed by atoms with Gasteiger partial charge >= 0.3 is 5.51 Å². The summed E-state index contributed by atoms with van der Waals surface area (Å²) in [5.41, 5.74) is -3.67. The normalized spacial score (nSPS) is 11.9. The van der Waals surface area contributed by atoms with Gasteiger partial charge in [0.25, 0.3) is 0 Å². The predicted octanol–water partition coefficient (Wildman–Crippen LogP) is 5.68. The van der Waals surface area contributed by atoms with Gasteiger partial charge in [0.15, 0.2) is 0 Å². The molecule has 0 saturated carbocycles. The number of anilines is 1. The molecular weight excluding hydrogens is 271 g/mol. The van der Waals surface area contributed by atoms with E-state index >= 15 is 0 Å². The molecule has 0 aliphatic carbocycles. The monoisotopic (exact) mass is 291 g/mol. The van der Waals surface area contributed by atoms with Crippen LogP contribution in [0.25, 0.3) is 0 Å². The minimum atomic E-state index is -4.25. The van der Waals surface area contributed by atoms with E-state index in [0.29, 0.717) is 5.69 Å². The molecule has 1 N–H and O–H groups in total. The van der Waals surface area contributed by atoms with Crippen LogP contribution in [0.3, 0.4) is 0 Å². The van der Waals surface area contributed by atoms with Crippen molar-refractivity contribution in [3.8, 4) is 0 Å². The summed E-state index contributed by atoms with van der Waals surface area (Å²) in [5, 5.41) is 3.25. The van der Waals surface area contributed by atoms with E-state index in [0.717, 1.165) is 25.7 Å². The quantitative estimate of drug-likeness (QED) is 0.649. The van der Waals surface area contributed by atoms with Crippen LogP contribution >= 0.6 is 11.8 Å². The standard InChI is InChI=1S/C14H20F3NS/c1-3-7-11(8-4-2)18-12-9-5-6-10-13(12)19-14(15,16)17/h5-6,9-11,18H,3-4,7-8H2,1-2H3. The Hall–Kier alpha value is -0.840. The van der Waals surface area contributed by atoms with Crippen LogP contribution in [0.15, 0.2) is 29.2 Å². The van der Waals surface area contributed by atoms with Gasteiger partial charge in [-0.1, -0.05) is 38.8 Å². The zero-order valence-electron chi connectivity index (χ0n) is 11.3. The van der Waals surface area contributed by atoms with Gasteiger partial charge in [0, 0.05) is 16.6 Å². The number of hydrogen-bond acceptors (Lipinski definition) is 2. The van der Waals surface area contributed by atoms with Crippen LogP contribution in [-0.2, 0) is 0 Å². The first-order valence-electron chi connectivity index (χ1n) is 6.57. The van der Waals surface area contributed by atoms with Gasteiger partial charge in [0.05, 0.1) is 0 Å². The molecule has 108 valence electrons. The zero-order valence-corrected chi connectivity index (χ0v) is 12.1. The van der Waals surface area contributed by atoms with E-state index in [-0.39, 0.29) is 22.7 Å². The third-order valence-corrected chi connectivity index (χ3v) is 3.55. The van der Waals surface area contributed by atoms with E-state index in [2.05, 4.69) is 19.2 Å². The smallest absolute Gasteiger partial charge is 0.381 e. The molecule has 0 radical (unpaired) electrons. The minimum Gasteiger partial charge on any atom is -0.381 e. The molecule has 0 bridgehead atoms. The minimum absolute atomic E-state index is 0.0570. The average molecular weight is 291 g/mol. The van der Waals surface area contributed by atoms with Gasteiger partial charge in [-0.2, -0.15) is 13.2 Å². The molecule has 5 heteroatoms. The second-order valence-corrected chi connectivity index (χ2v) is 5.57. The molecule has 0 heterocycles. The lowest BCUT2D eigenvalue weighted by Gasteiger charge is -2.21. The van der Waals surface area contributed by atoms with Gasteiger partial charge in [-0.15, -0.1) is 0 Å². The van der Waals surface area contributed by atoms with Crippen molar-refractivity contribution in [1.82, 2.24) is 0 Å². The summed E-state index contributed by atoms with van der Waals surface area (Å²) in [6.07, 6.45) is 3.98. The Morgan fingerprint density at radius 1 is 1.11 bits per heavy atom. The third-order valence-electron chi connectivity index (χ3n) is 2.75. The average Bonchev–Trinajstić information content (AvgIpc) is 2.30. The number of halogens is 3. The van der Waals surface area contributed by atoms with Crippen LogP contribution in [0.1, 0.15) is 39.5 Å². The summed E-state index contributed by atoms with van der Waals surface area (Å²) in [5.74, 6) is 0. The number of para-hydroxylation sites is 1. The van der Waals surface area contributed by atoms with Crippen molar-refractivity contribution in [2.24, 2.45) is 0 Å². The predicted molar refractivity (Wildman–Crippen MR) is 75.6 cm³/mol. The third kappa shape index (κ3) is 6.23. The second-order valence-electron chi connectivity index (χ2n) is 4.46. The summed E-state index contributed by atoms with van der Waals surface area (Å²) in [6.45, 7) is 4.17. The first-order chi connectivity index (χ1) is 8.96. The Labute approximate surface area is 117 Å². The molecule has 0 aliphatic rings. The fourth-order valence-electron chi connectivity index (χ4n) is 2.01. The molecular formula is C14H20F3NS. The van der Waals surface area contributed by atoms with Crippen molar-refractivity contribution in [2.75, 3.05) is 5.32 Å². The SMILES string of the molecule is CCCC(CCC)Nc1ccccc1SC(F)(F)F. The molecule has 0 unspecified atom stereocenters. The van der Waals surface area contributed by atoms with E-state index in [1.165, 1.54) is 6.07 Å². The molecule has 0 saturated heterocycles. The fourth-order valence-corrected chi connectivity index (χ4v) is 2.64. The van der Waals surface area contributed by atoms with Crippen molar-refractivity contribution in [3.63, 3.8) is 0 Å². The lowest BCUT2D eigenvalue weighted by atomic mass is 10.1. The second kappa shape index (κ2) is 7.68. The Morgan fingerprint density at radius 3 is 2.21 bits per heavy atom. The maximum Gasteiger partial charge on any atom is 0.446 e. The molecule has 0 aromatic heterocycles. The maximum absolute atomic E-state index is 12.5. The van der Waals surface area contributed by atoms with Crippen molar-refractivity contribution >= 4 is 17.4 Å². The van der Waals surface area contributed by atoms with Gasteiger partial charge in [-0.3, -0.25) is 0 Å². The largest absolute Gasteiger partial charge is 0.446 e. The number of alkyl halides is 3.